The number of anilines is 1. The third-order valence-corrected chi connectivity index (χ3v) is 6.93. The highest BCUT2D eigenvalue weighted by atomic mass is 32.2. The van der Waals surface area contributed by atoms with Crippen LogP contribution < -0.4 is 10.6 Å². The SMILES string of the molecule is Cc1nc(CCCNC(=O)Nc2cccc(S(=O)(=O)C3CCCC3)c2)n[nH]1. The van der Waals surface area contributed by atoms with Gasteiger partial charge in [-0.15, -0.1) is 0 Å². The molecule has 8 nitrogen and oxygen atoms in total. The first-order valence-electron chi connectivity index (χ1n) is 9.22. The number of sulfone groups is 1. The molecule has 1 heterocycles. The first kappa shape index (κ1) is 19.3. The molecule has 3 rings (SSSR count). The molecule has 1 aliphatic carbocycles. The van der Waals surface area contributed by atoms with Crippen molar-refractivity contribution in [3.63, 3.8) is 0 Å². The zero-order chi connectivity index (χ0) is 19.3. The fraction of sp³-hybridized carbons (Fsp3) is 0.500. The summed E-state index contributed by atoms with van der Waals surface area (Å²) in [6.45, 7) is 2.31. The lowest BCUT2D eigenvalue weighted by atomic mass is 10.3. The predicted octanol–water partition coefficient (Wildman–Crippen LogP) is 2.58. The lowest BCUT2D eigenvalue weighted by Crippen LogP contribution is -2.30. The van der Waals surface area contributed by atoms with E-state index >= 15 is 0 Å². The third kappa shape index (κ3) is 5.06. The van der Waals surface area contributed by atoms with Crippen LogP contribution in [0.15, 0.2) is 29.2 Å². The number of urea groups is 1. The topological polar surface area (TPSA) is 117 Å². The van der Waals surface area contributed by atoms with Gasteiger partial charge in [-0.1, -0.05) is 18.9 Å². The summed E-state index contributed by atoms with van der Waals surface area (Å²) in [6, 6.07) is 6.10. The molecule has 27 heavy (non-hydrogen) atoms. The molecule has 146 valence electrons. The highest BCUT2D eigenvalue weighted by molar-refractivity contribution is 7.92. The molecule has 1 aromatic heterocycles. The number of benzene rings is 1. The Hall–Kier alpha value is -2.42. The number of nitrogens with one attached hydrogen (secondary N) is 3. The number of carbonyl (C=O) groups excluding carboxylic acids is 1. The van der Waals surface area contributed by atoms with E-state index in [-0.39, 0.29) is 16.2 Å². The zero-order valence-corrected chi connectivity index (χ0v) is 16.2. The van der Waals surface area contributed by atoms with E-state index in [1.807, 2.05) is 6.92 Å². The summed E-state index contributed by atoms with van der Waals surface area (Å²) in [5.41, 5.74) is 0.469. The quantitative estimate of drug-likeness (QED) is 0.627. The van der Waals surface area contributed by atoms with E-state index in [0.29, 0.717) is 37.9 Å². The van der Waals surface area contributed by atoms with Crippen molar-refractivity contribution < 1.29 is 13.2 Å². The lowest BCUT2D eigenvalue weighted by molar-refractivity contribution is 0.252. The Morgan fingerprint density at radius 1 is 1.30 bits per heavy atom. The summed E-state index contributed by atoms with van der Waals surface area (Å²) >= 11 is 0. The van der Waals surface area contributed by atoms with Crippen LogP contribution in [0, 0.1) is 6.92 Å². The van der Waals surface area contributed by atoms with Crippen molar-refractivity contribution in [3.05, 3.63) is 35.9 Å². The maximum atomic E-state index is 12.7. The smallest absolute Gasteiger partial charge is 0.319 e. The molecular weight excluding hydrogens is 366 g/mol. The number of aryl methyl sites for hydroxylation is 2. The number of H-pyrrole nitrogens is 1. The molecule has 1 fully saturated rings. The third-order valence-electron chi connectivity index (χ3n) is 4.67. The van der Waals surface area contributed by atoms with Crippen LogP contribution in [0.4, 0.5) is 10.5 Å². The van der Waals surface area contributed by atoms with Crippen LogP contribution in [-0.2, 0) is 16.3 Å². The van der Waals surface area contributed by atoms with Gasteiger partial charge in [-0.05, 0) is 44.4 Å². The second kappa shape index (κ2) is 8.51. The summed E-state index contributed by atoms with van der Waals surface area (Å²) in [4.78, 5) is 16.5. The van der Waals surface area contributed by atoms with Crippen LogP contribution in [0.25, 0.3) is 0 Å². The molecule has 1 saturated carbocycles. The summed E-state index contributed by atoms with van der Waals surface area (Å²) in [7, 11) is -3.34. The molecular formula is C18H25N5O3S. The van der Waals surface area contributed by atoms with Gasteiger partial charge in [0.25, 0.3) is 0 Å². The minimum absolute atomic E-state index is 0.271. The van der Waals surface area contributed by atoms with Crippen molar-refractivity contribution in [3.8, 4) is 0 Å². The highest BCUT2D eigenvalue weighted by Gasteiger charge is 2.30. The molecule has 0 aliphatic heterocycles. The molecule has 0 atom stereocenters. The van der Waals surface area contributed by atoms with Gasteiger partial charge in [-0.3, -0.25) is 5.10 Å². The standard InChI is InChI=1S/C18H25N5O3S/c1-13-20-17(23-22-13)10-5-11-19-18(24)21-14-6-4-9-16(12-14)27(25,26)15-7-2-3-8-15/h4,6,9,12,15H,2-3,5,7-8,10-11H2,1H3,(H2,19,21,24)(H,20,22,23). The average molecular weight is 391 g/mol. The van der Waals surface area contributed by atoms with E-state index in [1.54, 1.807) is 18.2 Å². The van der Waals surface area contributed by atoms with Gasteiger partial charge in [-0.2, -0.15) is 5.10 Å². The normalized spacial score (nSPS) is 15.0. The van der Waals surface area contributed by atoms with E-state index in [2.05, 4.69) is 25.8 Å². The van der Waals surface area contributed by atoms with Gasteiger partial charge in [-0.25, -0.2) is 18.2 Å². The largest absolute Gasteiger partial charge is 0.338 e. The summed E-state index contributed by atoms with van der Waals surface area (Å²) in [5, 5.41) is 12.0. The van der Waals surface area contributed by atoms with Gasteiger partial charge in [0.15, 0.2) is 15.7 Å². The van der Waals surface area contributed by atoms with Crippen LogP contribution in [-0.4, -0.2) is 41.4 Å². The van der Waals surface area contributed by atoms with Crippen LogP contribution in [0.5, 0.6) is 0 Å². The molecule has 9 heteroatoms. The Balaban J connectivity index is 1.50. The monoisotopic (exact) mass is 391 g/mol. The van der Waals surface area contributed by atoms with Crippen molar-refractivity contribution in [2.24, 2.45) is 0 Å². The zero-order valence-electron chi connectivity index (χ0n) is 15.4. The Labute approximate surface area is 159 Å². The molecule has 1 aromatic carbocycles. The van der Waals surface area contributed by atoms with Gasteiger partial charge in [0.1, 0.15) is 5.82 Å². The van der Waals surface area contributed by atoms with E-state index in [9.17, 15) is 13.2 Å². The van der Waals surface area contributed by atoms with Gasteiger partial charge in [0.2, 0.25) is 0 Å². The maximum absolute atomic E-state index is 12.7. The predicted molar refractivity (Wildman–Crippen MR) is 102 cm³/mol. The molecule has 0 saturated heterocycles. The van der Waals surface area contributed by atoms with Crippen LogP contribution in [0.3, 0.4) is 0 Å². The van der Waals surface area contributed by atoms with Crippen molar-refractivity contribution in [2.75, 3.05) is 11.9 Å². The van der Waals surface area contributed by atoms with E-state index in [0.717, 1.165) is 24.5 Å². The van der Waals surface area contributed by atoms with Crippen molar-refractivity contribution in [1.29, 1.82) is 0 Å². The van der Waals surface area contributed by atoms with Gasteiger partial charge < -0.3 is 10.6 Å². The number of amides is 2. The summed E-state index contributed by atoms with van der Waals surface area (Å²) in [6.07, 6.45) is 4.71. The van der Waals surface area contributed by atoms with Gasteiger partial charge >= 0.3 is 6.03 Å². The van der Waals surface area contributed by atoms with E-state index in [4.69, 9.17) is 0 Å². The molecule has 0 radical (unpaired) electrons. The second-order valence-corrected chi connectivity index (χ2v) is 9.03. The number of aromatic amines is 1. The second-order valence-electron chi connectivity index (χ2n) is 6.80. The first-order valence-corrected chi connectivity index (χ1v) is 10.8. The number of hydrogen-bond acceptors (Lipinski definition) is 5. The molecule has 0 unspecified atom stereocenters. The highest BCUT2D eigenvalue weighted by Crippen LogP contribution is 2.30. The Kier molecular flexibility index (Phi) is 6.10. The Morgan fingerprint density at radius 2 is 2.07 bits per heavy atom. The summed E-state index contributed by atoms with van der Waals surface area (Å²) < 4.78 is 25.4. The fourth-order valence-electron chi connectivity index (χ4n) is 3.27. The molecule has 3 N–H and O–H groups in total. The van der Waals surface area contributed by atoms with Crippen molar-refractivity contribution >= 4 is 21.6 Å². The molecule has 2 amide bonds. The minimum Gasteiger partial charge on any atom is -0.338 e. The van der Waals surface area contributed by atoms with Crippen molar-refractivity contribution in [1.82, 2.24) is 20.5 Å². The van der Waals surface area contributed by atoms with E-state index < -0.39 is 9.84 Å². The molecule has 0 bridgehead atoms. The Morgan fingerprint density at radius 3 is 2.78 bits per heavy atom. The van der Waals surface area contributed by atoms with Crippen LogP contribution in [0.2, 0.25) is 0 Å². The number of aromatic nitrogens is 3. The van der Waals surface area contributed by atoms with Crippen molar-refractivity contribution in [2.45, 2.75) is 55.6 Å². The fourth-order valence-corrected chi connectivity index (χ4v) is 5.16. The van der Waals surface area contributed by atoms with Gasteiger partial charge in [0.05, 0.1) is 10.1 Å². The Bertz CT molecular complexity index is 888. The minimum atomic E-state index is -3.34. The van der Waals surface area contributed by atoms with Crippen LogP contribution >= 0.6 is 0 Å². The first-order chi connectivity index (χ1) is 12.9. The number of rotatable bonds is 7. The summed E-state index contributed by atoms with van der Waals surface area (Å²) in [5.74, 6) is 1.49. The number of hydrogen-bond donors (Lipinski definition) is 3. The average Bonchev–Trinajstić information content (AvgIpc) is 3.31. The molecule has 0 spiro atoms. The molecule has 1 aliphatic rings. The van der Waals surface area contributed by atoms with Crippen LogP contribution in [0.1, 0.15) is 43.8 Å². The maximum Gasteiger partial charge on any atom is 0.319 e. The van der Waals surface area contributed by atoms with Gasteiger partial charge in [0, 0.05) is 18.7 Å². The van der Waals surface area contributed by atoms with E-state index in [1.165, 1.54) is 6.07 Å². The number of carbonyl (C=O) groups is 1. The number of nitrogens with zero attached hydrogens (tertiary/aromatic N) is 2. The lowest BCUT2D eigenvalue weighted by Gasteiger charge is -2.13. The molecule has 2 aromatic rings.